The van der Waals surface area contributed by atoms with Crippen molar-refractivity contribution in [2.24, 2.45) is 0 Å². The molecule has 4 rings (SSSR count). The summed E-state index contributed by atoms with van der Waals surface area (Å²) in [7, 11) is -2.69. The van der Waals surface area contributed by atoms with Crippen LogP contribution in [0.3, 0.4) is 0 Å². The summed E-state index contributed by atoms with van der Waals surface area (Å²) < 4.78 is 46.9. The van der Waals surface area contributed by atoms with Crippen LogP contribution in [0.5, 0.6) is 23.1 Å². The van der Waals surface area contributed by atoms with Crippen molar-refractivity contribution < 1.29 is 27.7 Å². The molecule has 2 aromatic carbocycles. The predicted octanol–water partition coefficient (Wildman–Crippen LogP) is 4.21. The van der Waals surface area contributed by atoms with Gasteiger partial charge in [0.15, 0.2) is 29.7 Å². The maximum absolute atomic E-state index is 13.6. The smallest absolute Gasteiger partial charge is 0.264 e. The van der Waals surface area contributed by atoms with Crippen molar-refractivity contribution in [3.05, 3.63) is 72.6 Å². The predicted molar refractivity (Wildman–Crippen MR) is 152 cm³/mol. The van der Waals surface area contributed by atoms with Gasteiger partial charge >= 0.3 is 0 Å². The van der Waals surface area contributed by atoms with Crippen LogP contribution in [0, 0.1) is 11.8 Å². The summed E-state index contributed by atoms with van der Waals surface area (Å²) in [6.45, 7) is 5.57. The number of ether oxygens (including phenoxy) is 3. The standard InChI is InChI=1S/C29H29N5O6S/c1-29(2,3)20-12-14-21(15-13-20)41(36,37)34-25-24(40-23-11-6-5-10-22(23)38-4)28(39-19-8-7-18-35)33-27(32-25)26-30-16-9-17-31-26/h5-6,9-17,35H,18-19H2,1-4H3,(H,32,33,34). The maximum atomic E-state index is 13.6. The number of hydrogen-bond acceptors (Lipinski definition) is 10. The Hall–Kier alpha value is -4.73. The second-order valence-electron chi connectivity index (χ2n) is 9.54. The van der Waals surface area contributed by atoms with Crippen LogP contribution >= 0.6 is 0 Å². The number of aromatic nitrogens is 4. The first kappa shape index (κ1) is 29.3. The van der Waals surface area contributed by atoms with Crippen molar-refractivity contribution in [2.75, 3.05) is 25.0 Å². The molecular formula is C29H29N5O6S. The summed E-state index contributed by atoms with van der Waals surface area (Å²) in [6.07, 6.45) is 3.00. The molecule has 0 aliphatic heterocycles. The lowest BCUT2D eigenvalue weighted by molar-refractivity contribution is 0.323. The highest BCUT2D eigenvalue weighted by Crippen LogP contribution is 2.41. The van der Waals surface area contributed by atoms with E-state index in [0.29, 0.717) is 5.75 Å². The van der Waals surface area contributed by atoms with Gasteiger partial charge in [-0.15, -0.1) is 0 Å². The molecule has 212 valence electrons. The maximum Gasteiger partial charge on any atom is 0.264 e. The number of benzene rings is 2. The first-order valence-electron chi connectivity index (χ1n) is 12.5. The minimum absolute atomic E-state index is 0.0149. The fourth-order valence-electron chi connectivity index (χ4n) is 3.55. The monoisotopic (exact) mass is 575 g/mol. The number of nitrogens with one attached hydrogen (secondary N) is 1. The normalized spacial score (nSPS) is 11.2. The Kier molecular flexibility index (Phi) is 9.01. The molecule has 12 heteroatoms. The molecule has 0 aliphatic rings. The van der Waals surface area contributed by atoms with E-state index >= 15 is 0 Å². The Labute approximate surface area is 238 Å². The average Bonchev–Trinajstić information content (AvgIpc) is 2.96. The Bertz CT molecular complexity index is 1660. The number of hydrogen-bond donors (Lipinski definition) is 2. The molecule has 0 unspecified atom stereocenters. The first-order chi connectivity index (χ1) is 19.6. The Morgan fingerprint density at radius 2 is 1.59 bits per heavy atom. The average molecular weight is 576 g/mol. The van der Waals surface area contributed by atoms with Gasteiger partial charge in [0.05, 0.1) is 12.0 Å². The number of para-hydroxylation sites is 2. The third-order valence-corrected chi connectivity index (χ3v) is 6.98. The number of methoxy groups -OCH3 is 1. The lowest BCUT2D eigenvalue weighted by atomic mass is 9.87. The molecular weight excluding hydrogens is 546 g/mol. The molecule has 0 radical (unpaired) electrons. The highest BCUT2D eigenvalue weighted by Gasteiger charge is 2.26. The van der Waals surface area contributed by atoms with Gasteiger partial charge in [-0.25, -0.2) is 23.4 Å². The van der Waals surface area contributed by atoms with Crippen molar-refractivity contribution in [3.63, 3.8) is 0 Å². The van der Waals surface area contributed by atoms with E-state index in [1.165, 1.54) is 31.6 Å². The summed E-state index contributed by atoms with van der Waals surface area (Å²) in [4.78, 5) is 17.2. The lowest BCUT2D eigenvalue weighted by Crippen LogP contribution is -2.17. The molecule has 4 aromatic rings. The van der Waals surface area contributed by atoms with Crippen LogP contribution in [0.1, 0.15) is 26.3 Å². The highest BCUT2D eigenvalue weighted by atomic mass is 32.2. The molecule has 0 fully saturated rings. The van der Waals surface area contributed by atoms with E-state index in [9.17, 15) is 8.42 Å². The molecule has 0 aliphatic carbocycles. The molecule has 41 heavy (non-hydrogen) atoms. The van der Waals surface area contributed by atoms with E-state index in [-0.39, 0.29) is 58.4 Å². The Morgan fingerprint density at radius 3 is 2.22 bits per heavy atom. The largest absolute Gasteiger partial charge is 0.493 e. The van der Waals surface area contributed by atoms with Gasteiger partial charge < -0.3 is 19.3 Å². The van der Waals surface area contributed by atoms with Gasteiger partial charge in [0.1, 0.15) is 6.61 Å². The van der Waals surface area contributed by atoms with Crippen molar-refractivity contribution in [1.82, 2.24) is 19.9 Å². The Morgan fingerprint density at radius 1 is 0.902 bits per heavy atom. The molecule has 0 bridgehead atoms. The van der Waals surface area contributed by atoms with Gasteiger partial charge in [0, 0.05) is 12.4 Å². The van der Waals surface area contributed by atoms with Crippen molar-refractivity contribution in [2.45, 2.75) is 31.1 Å². The van der Waals surface area contributed by atoms with Gasteiger partial charge in [-0.2, -0.15) is 4.98 Å². The summed E-state index contributed by atoms with van der Waals surface area (Å²) >= 11 is 0. The second-order valence-corrected chi connectivity index (χ2v) is 11.2. The minimum atomic E-state index is -4.16. The van der Waals surface area contributed by atoms with Gasteiger partial charge in [0.2, 0.25) is 11.6 Å². The van der Waals surface area contributed by atoms with Crippen LogP contribution in [0.2, 0.25) is 0 Å². The van der Waals surface area contributed by atoms with E-state index < -0.39 is 10.0 Å². The fourth-order valence-corrected chi connectivity index (χ4v) is 4.55. The number of anilines is 1. The van der Waals surface area contributed by atoms with Crippen LogP contribution in [-0.4, -0.2) is 53.8 Å². The number of aliphatic hydroxyl groups is 1. The SMILES string of the molecule is COc1ccccc1Oc1c(NS(=O)(=O)c2ccc(C(C)(C)C)cc2)nc(-c2ncccn2)nc1OCC#CCO. The third-order valence-electron chi connectivity index (χ3n) is 5.63. The molecule has 11 nitrogen and oxygen atoms in total. The summed E-state index contributed by atoms with van der Waals surface area (Å²) in [5.74, 6) is 5.34. The van der Waals surface area contributed by atoms with Crippen LogP contribution in [0.15, 0.2) is 71.9 Å². The van der Waals surface area contributed by atoms with Crippen LogP contribution in [0.25, 0.3) is 11.6 Å². The zero-order valence-electron chi connectivity index (χ0n) is 23.0. The quantitative estimate of drug-likeness (QED) is 0.278. The van der Waals surface area contributed by atoms with Gasteiger partial charge in [0.25, 0.3) is 15.9 Å². The third kappa shape index (κ3) is 7.27. The molecule has 2 N–H and O–H groups in total. The summed E-state index contributed by atoms with van der Waals surface area (Å²) in [5, 5.41) is 9.02. The number of nitrogens with zero attached hydrogens (tertiary/aromatic N) is 4. The Balaban J connectivity index is 1.86. The zero-order chi connectivity index (χ0) is 29.5. The molecule has 0 saturated carbocycles. The zero-order valence-corrected chi connectivity index (χ0v) is 23.8. The number of rotatable bonds is 9. The van der Waals surface area contributed by atoms with E-state index in [2.05, 4.69) is 36.5 Å². The van der Waals surface area contributed by atoms with E-state index in [1.54, 1.807) is 42.5 Å². The minimum Gasteiger partial charge on any atom is -0.493 e. The van der Waals surface area contributed by atoms with Crippen LogP contribution in [0.4, 0.5) is 5.82 Å². The van der Waals surface area contributed by atoms with Crippen molar-refractivity contribution >= 4 is 15.8 Å². The molecule has 2 aromatic heterocycles. The lowest BCUT2D eigenvalue weighted by Gasteiger charge is -2.20. The van der Waals surface area contributed by atoms with Gasteiger partial charge in [-0.05, 0) is 41.3 Å². The first-order valence-corrected chi connectivity index (χ1v) is 13.9. The van der Waals surface area contributed by atoms with Crippen LogP contribution < -0.4 is 18.9 Å². The summed E-state index contributed by atoms with van der Waals surface area (Å²) in [5.41, 5.74) is 0.815. The molecule has 0 spiro atoms. The topological polar surface area (TPSA) is 146 Å². The second kappa shape index (κ2) is 12.6. The van der Waals surface area contributed by atoms with Crippen molar-refractivity contribution in [1.29, 1.82) is 0 Å². The van der Waals surface area contributed by atoms with E-state index in [0.717, 1.165) is 5.56 Å². The number of sulfonamides is 1. The van der Waals surface area contributed by atoms with Gasteiger partial charge in [-0.1, -0.05) is 56.9 Å². The molecule has 2 heterocycles. The van der Waals surface area contributed by atoms with Gasteiger partial charge in [-0.3, -0.25) is 4.72 Å². The molecule has 0 atom stereocenters. The van der Waals surface area contributed by atoms with E-state index in [1.807, 2.05) is 20.8 Å². The fraction of sp³-hybridized carbons (Fsp3) is 0.241. The molecule has 0 saturated heterocycles. The molecule has 0 amide bonds. The highest BCUT2D eigenvalue weighted by molar-refractivity contribution is 7.92. The van der Waals surface area contributed by atoms with Crippen LogP contribution in [-0.2, 0) is 15.4 Å². The van der Waals surface area contributed by atoms with E-state index in [4.69, 9.17) is 19.3 Å². The number of aliphatic hydroxyl groups excluding tert-OH is 1. The summed E-state index contributed by atoms with van der Waals surface area (Å²) in [6, 6.07) is 15.0. The van der Waals surface area contributed by atoms with Crippen molar-refractivity contribution in [3.8, 4) is 46.6 Å².